The number of halogens is 4. The molecule has 1 aliphatic heterocycles. The van der Waals surface area contributed by atoms with Crippen molar-refractivity contribution in [3.8, 4) is 0 Å². The van der Waals surface area contributed by atoms with Crippen molar-refractivity contribution >= 4 is 23.3 Å². The number of carbonyl (C=O) groups excluding carboxylic acids is 1. The first kappa shape index (κ1) is 23.1. The molecule has 0 fully saturated rings. The van der Waals surface area contributed by atoms with E-state index in [0.717, 1.165) is 22.9 Å². The van der Waals surface area contributed by atoms with E-state index >= 15 is 0 Å². The van der Waals surface area contributed by atoms with Gasteiger partial charge in [0.2, 0.25) is 0 Å². The Balaban J connectivity index is 1.43. The highest BCUT2D eigenvalue weighted by atomic mass is 35.5. The summed E-state index contributed by atoms with van der Waals surface area (Å²) in [5, 5.41) is 7.58. The molecule has 3 aromatic rings. The molecule has 0 atom stereocenters. The van der Waals surface area contributed by atoms with Crippen LogP contribution in [0.4, 0.5) is 23.7 Å². The monoisotopic (exact) mass is 478 g/mol. The zero-order valence-corrected chi connectivity index (χ0v) is 18.6. The van der Waals surface area contributed by atoms with Gasteiger partial charge in [-0.25, -0.2) is 4.79 Å². The first-order valence-corrected chi connectivity index (χ1v) is 10.7. The van der Waals surface area contributed by atoms with Crippen molar-refractivity contribution in [2.75, 3.05) is 11.9 Å². The van der Waals surface area contributed by atoms with E-state index in [0.29, 0.717) is 30.3 Å². The summed E-state index contributed by atoms with van der Waals surface area (Å²) in [6.07, 6.45) is -4.01. The summed E-state index contributed by atoms with van der Waals surface area (Å²) in [6, 6.07) is 11.7. The smallest absolute Gasteiger partial charge is 0.370 e. The second kappa shape index (κ2) is 9.44. The minimum absolute atomic E-state index is 0.239. The van der Waals surface area contributed by atoms with Gasteiger partial charge in [-0.05, 0) is 29.8 Å². The predicted molar refractivity (Wildman–Crippen MR) is 118 cm³/mol. The fourth-order valence-corrected chi connectivity index (χ4v) is 3.96. The zero-order chi connectivity index (χ0) is 23.6. The van der Waals surface area contributed by atoms with Crippen molar-refractivity contribution in [2.45, 2.75) is 32.4 Å². The molecular weight excluding hydrogens is 457 g/mol. The Hall–Kier alpha value is -3.04. The number of aryl methyl sites for hydroxylation is 1. The minimum Gasteiger partial charge on any atom is -0.370 e. The summed E-state index contributed by atoms with van der Waals surface area (Å²) in [4.78, 5) is 14.3. The van der Waals surface area contributed by atoms with Gasteiger partial charge in [0.25, 0.3) is 0 Å². The maximum atomic E-state index is 13.3. The molecule has 2 aromatic carbocycles. The van der Waals surface area contributed by atoms with Crippen LogP contribution < -0.4 is 5.32 Å². The third-order valence-corrected chi connectivity index (χ3v) is 5.76. The topological polar surface area (TPSA) is 59.4 Å². The number of ether oxygens (including phenoxy) is 1. The lowest BCUT2D eigenvalue weighted by atomic mass is 10.1. The Morgan fingerprint density at radius 3 is 2.61 bits per heavy atom. The third-order valence-electron chi connectivity index (χ3n) is 5.51. The van der Waals surface area contributed by atoms with Crippen molar-refractivity contribution < 1.29 is 22.7 Å². The molecule has 0 spiro atoms. The van der Waals surface area contributed by atoms with Crippen LogP contribution in [0.25, 0.3) is 0 Å². The number of anilines is 1. The predicted octanol–water partition coefficient (Wildman–Crippen LogP) is 5.40. The van der Waals surface area contributed by atoms with Crippen LogP contribution in [-0.2, 0) is 44.1 Å². The van der Waals surface area contributed by atoms with Crippen LogP contribution in [-0.4, -0.2) is 27.3 Å². The second-order valence-corrected chi connectivity index (χ2v) is 8.20. The van der Waals surface area contributed by atoms with Crippen LogP contribution in [0.15, 0.2) is 48.5 Å². The summed E-state index contributed by atoms with van der Waals surface area (Å²) in [5.74, 6) is 0. The van der Waals surface area contributed by atoms with E-state index in [4.69, 9.17) is 16.3 Å². The molecule has 6 nitrogen and oxygen atoms in total. The first-order valence-electron chi connectivity index (χ1n) is 10.3. The standard InChI is InChI=1S/C23H22ClF3N4O2/c1-30-21-10-11-31(22(32)28-19-5-3-2-4-18(19)23(25,26)27)12-17(21)20(29-30)14-33-13-15-6-8-16(24)9-7-15/h2-9H,10-14H2,1H3,(H,28,32). The van der Waals surface area contributed by atoms with E-state index in [2.05, 4.69) is 10.4 Å². The lowest BCUT2D eigenvalue weighted by Gasteiger charge is -2.28. The number of fused-ring (bicyclic) bond motifs is 1. The molecule has 174 valence electrons. The number of amides is 2. The van der Waals surface area contributed by atoms with Crippen LogP contribution in [0.2, 0.25) is 5.02 Å². The maximum Gasteiger partial charge on any atom is 0.418 e. The number of hydrogen-bond acceptors (Lipinski definition) is 3. The molecular formula is C23H22ClF3N4O2. The molecule has 10 heteroatoms. The van der Waals surface area contributed by atoms with Crippen molar-refractivity contribution in [3.63, 3.8) is 0 Å². The zero-order valence-electron chi connectivity index (χ0n) is 17.8. The first-order chi connectivity index (χ1) is 15.7. The average molecular weight is 479 g/mol. The number of hydrogen-bond donors (Lipinski definition) is 1. The highest BCUT2D eigenvalue weighted by molar-refractivity contribution is 6.30. The van der Waals surface area contributed by atoms with Gasteiger partial charge in [0.1, 0.15) is 0 Å². The van der Waals surface area contributed by atoms with Crippen molar-refractivity contribution in [1.29, 1.82) is 0 Å². The summed E-state index contributed by atoms with van der Waals surface area (Å²) in [6.45, 7) is 1.24. The molecule has 2 heterocycles. The minimum atomic E-state index is -4.56. The van der Waals surface area contributed by atoms with E-state index in [1.54, 1.807) is 16.8 Å². The summed E-state index contributed by atoms with van der Waals surface area (Å²) in [5.41, 5.74) is 2.37. The Labute approximate surface area is 193 Å². The van der Waals surface area contributed by atoms with Crippen LogP contribution in [0, 0.1) is 0 Å². The summed E-state index contributed by atoms with van der Waals surface area (Å²) < 4.78 is 47.3. The van der Waals surface area contributed by atoms with Gasteiger partial charge in [0.15, 0.2) is 0 Å². The molecule has 4 rings (SSSR count). The number of nitrogens with one attached hydrogen (secondary N) is 1. The van der Waals surface area contributed by atoms with Crippen LogP contribution in [0.3, 0.4) is 0 Å². The number of alkyl halides is 3. The fourth-order valence-electron chi connectivity index (χ4n) is 3.84. The Morgan fingerprint density at radius 2 is 1.88 bits per heavy atom. The average Bonchev–Trinajstić information content (AvgIpc) is 3.09. The second-order valence-electron chi connectivity index (χ2n) is 7.76. The Bertz CT molecular complexity index is 1150. The fraction of sp³-hybridized carbons (Fsp3) is 0.304. The van der Waals surface area contributed by atoms with E-state index in [1.165, 1.54) is 23.1 Å². The number of carbonyl (C=O) groups is 1. The molecule has 0 aliphatic carbocycles. The molecule has 0 radical (unpaired) electrons. The Morgan fingerprint density at radius 1 is 1.15 bits per heavy atom. The molecule has 1 aromatic heterocycles. The van der Waals surface area contributed by atoms with Gasteiger partial charge >= 0.3 is 12.2 Å². The van der Waals surface area contributed by atoms with Crippen molar-refractivity contribution in [3.05, 3.63) is 81.6 Å². The van der Waals surface area contributed by atoms with E-state index in [1.807, 2.05) is 19.2 Å². The third kappa shape index (κ3) is 5.31. The SMILES string of the molecule is Cn1nc(COCc2ccc(Cl)cc2)c2c1CCN(C(=O)Nc1ccccc1C(F)(F)F)C2. The number of para-hydroxylation sites is 1. The van der Waals surface area contributed by atoms with E-state index < -0.39 is 17.8 Å². The van der Waals surface area contributed by atoms with Crippen LogP contribution >= 0.6 is 11.6 Å². The molecule has 2 amide bonds. The van der Waals surface area contributed by atoms with Crippen LogP contribution in [0.5, 0.6) is 0 Å². The lowest BCUT2D eigenvalue weighted by Crippen LogP contribution is -2.39. The largest absolute Gasteiger partial charge is 0.418 e. The highest BCUT2D eigenvalue weighted by Crippen LogP contribution is 2.35. The molecule has 1 N–H and O–H groups in total. The van der Waals surface area contributed by atoms with Gasteiger partial charge in [-0.1, -0.05) is 35.9 Å². The van der Waals surface area contributed by atoms with Gasteiger partial charge in [-0.15, -0.1) is 0 Å². The van der Waals surface area contributed by atoms with Gasteiger partial charge < -0.3 is 15.0 Å². The summed E-state index contributed by atoms with van der Waals surface area (Å²) in [7, 11) is 1.83. The molecule has 0 saturated heterocycles. The molecule has 0 saturated carbocycles. The quantitative estimate of drug-likeness (QED) is 0.534. The van der Waals surface area contributed by atoms with E-state index in [-0.39, 0.29) is 18.8 Å². The number of nitrogens with zero attached hydrogens (tertiary/aromatic N) is 3. The van der Waals surface area contributed by atoms with Gasteiger partial charge in [-0.3, -0.25) is 4.68 Å². The van der Waals surface area contributed by atoms with Crippen LogP contribution in [0.1, 0.15) is 28.1 Å². The van der Waals surface area contributed by atoms with E-state index in [9.17, 15) is 18.0 Å². The summed E-state index contributed by atoms with van der Waals surface area (Å²) >= 11 is 5.90. The maximum absolute atomic E-state index is 13.3. The van der Waals surface area contributed by atoms with Crippen molar-refractivity contribution in [1.82, 2.24) is 14.7 Å². The van der Waals surface area contributed by atoms with Gasteiger partial charge in [0, 0.05) is 36.3 Å². The van der Waals surface area contributed by atoms with Gasteiger partial charge in [-0.2, -0.15) is 18.3 Å². The molecule has 33 heavy (non-hydrogen) atoms. The molecule has 1 aliphatic rings. The number of aromatic nitrogens is 2. The van der Waals surface area contributed by atoms with Crippen molar-refractivity contribution in [2.24, 2.45) is 7.05 Å². The molecule has 0 unspecified atom stereocenters. The molecule has 0 bridgehead atoms. The Kier molecular flexibility index (Phi) is 6.62. The number of rotatable bonds is 5. The number of urea groups is 1. The number of benzene rings is 2. The normalized spacial score (nSPS) is 13.7. The van der Waals surface area contributed by atoms with Gasteiger partial charge in [0.05, 0.1) is 36.7 Å². The lowest BCUT2D eigenvalue weighted by molar-refractivity contribution is -0.136. The highest BCUT2D eigenvalue weighted by Gasteiger charge is 2.34.